The summed E-state index contributed by atoms with van der Waals surface area (Å²) in [5.74, 6) is -1.61. The number of aromatic carboxylic acids is 1. The lowest BCUT2D eigenvalue weighted by Gasteiger charge is -2.32. The number of nitrogens with zero attached hydrogens (tertiary/aromatic N) is 5. The second-order valence-electron chi connectivity index (χ2n) is 14.3. The highest BCUT2D eigenvalue weighted by Gasteiger charge is 2.51. The first kappa shape index (κ1) is 45.9. The molecule has 0 amide bonds. The second kappa shape index (κ2) is 19.0. The molecule has 3 aliphatic rings. The van der Waals surface area contributed by atoms with Gasteiger partial charge in [0.2, 0.25) is 0 Å². The molecule has 0 radical (unpaired) electrons. The molecule has 3 aliphatic heterocycles. The number of hydrogen-bond donors (Lipinski definition) is 1. The van der Waals surface area contributed by atoms with Gasteiger partial charge in [0, 0.05) is 62.8 Å². The third-order valence-electron chi connectivity index (χ3n) is 9.74. The molecule has 1 fully saturated rings. The minimum atomic E-state index is -0.964. The van der Waals surface area contributed by atoms with Gasteiger partial charge in [-0.1, -0.05) is 35.3 Å². The van der Waals surface area contributed by atoms with Gasteiger partial charge >= 0.3 is 25.0 Å². The number of esters is 2. The molecule has 13 nitrogen and oxygen atoms in total. The Hall–Kier alpha value is -5.20. The smallest absolute Gasteiger partial charge is 0.478 e. The first-order valence-electron chi connectivity index (χ1n) is 17.9. The van der Waals surface area contributed by atoms with Crippen molar-refractivity contribution in [3.8, 4) is 23.3 Å². The largest absolute Gasteiger partial charge is 0.494 e. The Labute approximate surface area is 373 Å². The van der Waals surface area contributed by atoms with Crippen molar-refractivity contribution < 1.29 is 38.3 Å². The van der Waals surface area contributed by atoms with E-state index >= 15 is 0 Å². The molecular weight excluding hydrogens is 944 g/mol. The lowest BCUT2D eigenvalue weighted by atomic mass is 9.79. The van der Waals surface area contributed by atoms with Gasteiger partial charge in [0.05, 0.1) is 49.1 Å². The summed E-state index contributed by atoms with van der Waals surface area (Å²) < 4.78 is 23.5. The van der Waals surface area contributed by atoms with Crippen LogP contribution in [0.1, 0.15) is 107 Å². The summed E-state index contributed by atoms with van der Waals surface area (Å²) in [7, 11) is -0.444. The number of carbonyl (C=O) groups excluding carboxylic acids is 2. The zero-order valence-corrected chi connectivity index (χ0v) is 37.5. The number of carboxylic acid groups (broad SMARTS) is 1. The Bertz CT molecular complexity index is 2570. The van der Waals surface area contributed by atoms with Crippen LogP contribution in [0.4, 0.5) is 0 Å². The molecule has 0 saturated carbocycles. The van der Waals surface area contributed by atoms with E-state index in [4.69, 9.17) is 57.6 Å². The van der Waals surface area contributed by atoms with Gasteiger partial charge in [0.1, 0.15) is 24.3 Å². The highest BCUT2D eigenvalue weighted by atomic mass is 79.9. The number of rotatable bonds is 3. The lowest BCUT2D eigenvalue weighted by Crippen LogP contribution is -2.41. The minimum Gasteiger partial charge on any atom is -0.478 e. The number of hydrogen-bond acceptors (Lipinski definition) is 12. The van der Waals surface area contributed by atoms with E-state index in [2.05, 4.69) is 46.8 Å². The van der Waals surface area contributed by atoms with Crippen LogP contribution in [-0.4, -0.2) is 56.3 Å². The highest BCUT2D eigenvalue weighted by Crippen LogP contribution is 2.39. The number of fused-ring (bicyclic) bond motifs is 2. The van der Waals surface area contributed by atoms with E-state index < -0.39 is 13.1 Å². The van der Waals surface area contributed by atoms with Crippen LogP contribution in [0.15, 0.2) is 88.6 Å². The van der Waals surface area contributed by atoms with Crippen LogP contribution in [0, 0.1) is 22.7 Å². The van der Waals surface area contributed by atoms with Crippen molar-refractivity contribution >= 4 is 85.6 Å². The van der Waals surface area contributed by atoms with Gasteiger partial charge in [-0.2, -0.15) is 10.5 Å². The summed E-state index contributed by atoms with van der Waals surface area (Å²) in [4.78, 5) is 44.8. The number of carbonyl (C=O) groups is 3. The molecule has 0 spiro atoms. The quantitative estimate of drug-likeness (QED) is 0.133. The van der Waals surface area contributed by atoms with Gasteiger partial charge in [-0.3, -0.25) is 15.0 Å². The first-order valence-corrected chi connectivity index (χ1v) is 20.2. The molecule has 1 saturated heterocycles. The van der Waals surface area contributed by atoms with Crippen LogP contribution in [0.25, 0.3) is 11.1 Å². The zero-order valence-electron chi connectivity index (χ0n) is 32.8. The fourth-order valence-electron chi connectivity index (χ4n) is 5.94. The molecule has 2 unspecified atom stereocenters. The molecule has 0 bridgehead atoms. The summed E-state index contributed by atoms with van der Waals surface area (Å²) in [6.45, 7) is 11.7. The van der Waals surface area contributed by atoms with Gasteiger partial charge in [0.25, 0.3) is 0 Å². The Morgan fingerprint density at radius 1 is 0.733 bits per heavy atom. The molecule has 0 aliphatic carbocycles. The molecule has 306 valence electrons. The standard InChI is InChI=1S/C15H9ClN2O2.C13H15BClNO2.C8H6BrNO2.C6H4BrNO2/c1-8-14-11(6-18-7-12(14)15(19)20-8)9-2-3-10(5-17)13(16)4-9;1-12(2)13(3,4)18-14(17-12)10-6-5-9(8-16)11(15)7-10;1-4-7-5(8(11)12-4)2-10-3-6(7)9;7-5-1-4(6(9)10)2-8-3-5/h2-4,6-8H,1H3;5-7H,1-4H3;2-4H,1H3;1-3H,(H,9,10). The van der Waals surface area contributed by atoms with E-state index in [9.17, 15) is 14.4 Å². The van der Waals surface area contributed by atoms with E-state index in [0.717, 1.165) is 32.2 Å². The van der Waals surface area contributed by atoms with Crippen molar-refractivity contribution in [1.82, 2.24) is 15.0 Å². The molecule has 60 heavy (non-hydrogen) atoms. The molecule has 5 aromatic rings. The van der Waals surface area contributed by atoms with Crippen molar-refractivity contribution in [3.63, 3.8) is 0 Å². The van der Waals surface area contributed by atoms with Gasteiger partial charge in [-0.25, -0.2) is 14.4 Å². The number of ether oxygens (including phenoxy) is 2. The zero-order chi connectivity index (χ0) is 44.1. The van der Waals surface area contributed by atoms with Crippen LogP contribution < -0.4 is 5.46 Å². The molecule has 2 atom stereocenters. The van der Waals surface area contributed by atoms with Crippen LogP contribution in [0.2, 0.25) is 10.0 Å². The SMILES string of the molecule is CC1(C)OB(c2ccc(C#N)c(Cl)c2)OC1(C)C.CC1OC(=O)c2cncc(-c3ccc(C#N)c(Cl)c3)c21.CC1OC(=O)c2cncc(Br)c21.O=C(O)c1cncc(Br)c1. The van der Waals surface area contributed by atoms with Crippen molar-refractivity contribution in [2.24, 2.45) is 0 Å². The van der Waals surface area contributed by atoms with Crippen molar-refractivity contribution in [2.75, 3.05) is 0 Å². The first-order chi connectivity index (χ1) is 28.3. The summed E-state index contributed by atoms with van der Waals surface area (Å²) in [5.41, 5.74) is 5.50. The van der Waals surface area contributed by atoms with E-state index in [1.54, 1.807) is 42.7 Å². The fourth-order valence-corrected chi connectivity index (χ4v) is 7.41. The lowest BCUT2D eigenvalue weighted by molar-refractivity contribution is 0.00578. The van der Waals surface area contributed by atoms with E-state index in [1.165, 1.54) is 30.9 Å². The molecule has 3 aromatic heterocycles. The van der Waals surface area contributed by atoms with Crippen molar-refractivity contribution in [1.29, 1.82) is 10.5 Å². The molecular formula is C42H34BBr2Cl2N5O8. The molecule has 1 N–H and O–H groups in total. The predicted molar refractivity (Wildman–Crippen MR) is 230 cm³/mol. The summed E-state index contributed by atoms with van der Waals surface area (Å²) in [6, 6.07) is 15.9. The van der Waals surface area contributed by atoms with Crippen LogP contribution in [0.5, 0.6) is 0 Å². The van der Waals surface area contributed by atoms with Gasteiger partial charge in [0.15, 0.2) is 0 Å². The summed E-state index contributed by atoms with van der Waals surface area (Å²) >= 11 is 18.5. The Morgan fingerprint density at radius 2 is 1.23 bits per heavy atom. The summed E-state index contributed by atoms with van der Waals surface area (Å²) in [6.07, 6.45) is 8.74. The Kier molecular flexibility index (Phi) is 14.5. The number of halogens is 4. The average Bonchev–Trinajstić information content (AvgIpc) is 3.76. The monoisotopic (exact) mass is 975 g/mol. The maximum Gasteiger partial charge on any atom is 0.494 e. The highest BCUT2D eigenvalue weighted by molar-refractivity contribution is 9.10. The third kappa shape index (κ3) is 10.2. The fraction of sp³-hybridized carbons (Fsp3) is 0.238. The number of aromatic nitrogens is 3. The van der Waals surface area contributed by atoms with E-state index in [1.807, 2.05) is 59.7 Å². The number of pyridine rings is 3. The van der Waals surface area contributed by atoms with Crippen molar-refractivity contribution in [3.05, 3.63) is 138 Å². The Morgan fingerprint density at radius 3 is 1.73 bits per heavy atom. The number of carboxylic acids is 1. The van der Waals surface area contributed by atoms with Crippen LogP contribution in [0.3, 0.4) is 0 Å². The molecule has 18 heteroatoms. The predicted octanol–water partition coefficient (Wildman–Crippen LogP) is 9.63. The third-order valence-corrected chi connectivity index (χ3v) is 11.4. The molecule has 2 aromatic carbocycles. The maximum atomic E-state index is 11.7. The van der Waals surface area contributed by atoms with E-state index in [0.29, 0.717) is 36.8 Å². The van der Waals surface area contributed by atoms with Crippen LogP contribution in [-0.2, 0) is 18.8 Å². The minimum absolute atomic E-state index is 0.162. The number of nitriles is 2. The number of benzene rings is 2. The van der Waals surface area contributed by atoms with Gasteiger partial charge in [-0.05, 0) is 115 Å². The number of cyclic esters (lactones) is 2. The van der Waals surface area contributed by atoms with Crippen LogP contribution >= 0.6 is 55.1 Å². The Balaban J connectivity index is 0.000000157. The topological polar surface area (TPSA) is 195 Å². The normalized spacial score (nSPS) is 17.4. The summed E-state index contributed by atoms with van der Waals surface area (Å²) in [5, 5.41) is 27.0. The van der Waals surface area contributed by atoms with Gasteiger partial charge < -0.3 is 23.9 Å². The maximum absolute atomic E-state index is 11.7. The van der Waals surface area contributed by atoms with E-state index in [-0.39, 0.29) is 40.9 Å². The van der Waals surface area contributed by atoms with Gasteiger partial charge in [-0.15, -0.1) is 0 Å². The van der Waals surface area contributed by atoms with Crippen molar-refractivity contribution in [2.45, 2.75) is 65.0 Å². The average molecular weight is 978 g/mol. The second-order valence-corrected chi connectivity index (χ2v) is 16.9. The molecule has 6 heterocycles. The molecule has 8 rings (SSSR count).